The molecule has 3 heteroatoms. The van der Waals surface area contributed by atoms with Crippen LogP contribution >= 0.6 is 0 Å². The zero-order valence-electron chi connectivity index (χ0n) is 11.6. The van der Waals surface area contributed by atoms with Crippen molar-refractivity contribution in [3.05, 3.63) is 72.3 Å². The van der Waals surface area contributed by atoms with Crippen molar-refractivity contribution < 1.29 is 9.53 Å². The number of carbonyl (C=O) groups excluding carboxylic acids is 1. The predicted molar refractivity (Wildman–Crippen MR) is 86.7 cm³/mol. The molecule has 104 valence electrons. The topological polar surface area (TPSA) is 26.3 Å². The average molecular weight is 390 g/mol. The molecule has 0 spiro atoms. The van der Waals surface area contributed by atoms with Crippen LogP contribution in [0.3, 0.4) is 0 Å². The number of ether oxygens (including phenoxy) is 1. The maximum atomic E-state index is 12.5. The molecule has 3 aromatic carbocycles. The van der Waals surface area contributed by atoms with Gasteiger partial charge in [0.2, 0.25) is 0 Å². The molecule has 0 saturated heterocycles. The molecule has 0 fully saturated rings. The molecule has 0 aromatic heterocycles. The van der Waals surface area contributed by atoms with Crippen LogP contribution in [-0.4, -0.2) is 31.9 Å². The third-order valence-electron chi connectivity index (χ3n) is 3.28. The van der Waals surface area contributed by atoms with E-state index in [1.54, 1.807) is 7.11 Å². The first-order valence-electron chi connectivity index (χ1n) is 6.62. The van der Waals surface area contributed by atoms with Crippen molar-refractivity contribution in [2.75, 3.05) is 7.11 Å². The van der Waals surface area contributed by atoms with Gasteiger partial charge in [0.1, 0.15) is 0 Å². The molecule has 0 atom stereocenters. The predicted octanol–water partition coefficient (Wildman–Crippen LogP) is 3.02. The first-order valence-corrected chi connectivity index (χ1v) is 8.95. The summed E-state index contributed by atoms with van der Waals surface area (Å²) in [5.74, 6) is 0.775. The van der Waals surface area contributed by atoms with E-state index in [2.05, 4.69) is 24.3 Å². The van der Waals surface area contributed by atoms with Gasteiger partial charge in [-0.05, 0) is 0 Å². The van der Waals surface area contributed by atoms with Gasteiger partial charge in [0.05, 0.1) is 0 Å². The van der Waals surface area contributed by atoms with Gasteiger partial charge < -0.3 is 0 Å². The van der Waals surface area contributed by atoms with Crippen molar-refractivity contribution in [2.45, 2.75) is 0 Å². The van der Waals surface area contributed by atoms with E-state index in [1.807, 2.05) is 42.5 Å². The summed E-state index contributed by atoms with van der Waals surface area (Å²) in [6.07, 6.45) is 0. The fourth-order valence-electron chi connectivity index (χ4n) is 2.17. The summed E-state index contributed by atoms with van der Waals surface area (Å²) in [7, 11) is 1.63. The first-order chi connectivity index (χ1) is 10.3. The molecule has 0 bridgehead atoms. The average Bonchev–Trinajstić information content (AvgIpc) is 2.55. The van der Waals surface area contributed by atoms with Crippen LogP contribution in [0.2, 0.25) is 0 Å². The van der Waals surface area contributed by atoms with Crippen molar-refractivity contribution >= 4 is 39.1 Å². The van der Waals surface area contributed by atoms with Gasteiger partial charge in [-0.2, -0.15) is 0 Å². The van der Waals surface area contributed by atoms with Crippen molar-refractivity contribution in [2.24, 2.45) is 0 Å². The van der Waals surface area contributed by atoms with Gasteiger partial charge in [-0.3, -0.25) is 0 Å². The molecule has 3 rings (SSSR count). The Labute approximate surface area is 133 Å². The summed E-state index contributed by atoms with van der Waals surface area (Å²) >= 11 is -0.915. The minimum atomic E-state index is -0.915. The van der Waals surface area contributed by atoms with Crippen molar-refractivity contribution in [1.82, 2.24) is 0 Å². The summed E-state index contributed by atoms with van der Waals surface area (Å²) in [6, 6.07) is 21.8. The third kappa shape index (κ3) is 3.10. The Hall–Kier alpha value is -1.82. The Morgan fingerprint density at radius 1 is 0.905 bits per heavy atom. The quantitative estimate of drug-likeness (QED) is 0.641. The Kier molecular flexibility index (Phi) is 4.24. The molecule has 0 heterocycles. The van der Waals surface area contributed by atoms with Crippen LogP contribution in [0.25, 0.3) is 10.8 Å². The van der Waals surface area contributed by atoms with E-state index in [0.29, 0.717) is 0 Å². The summed E-state index contributed by atoms with van der Waals surface area (Å²) in [5.41, 5.74) is 0.770. The molecule has 0 saturated carbocycles. The third-order valence-corrected chi connectivity index (χ3v) is 6.12. The Bertz CT molecular complexity index is 773. The second-order valence-electron chi connectivity index (χ2n) is 4.60. The van der Waals surface area contributed by atoms with E-state index in [1.165, 1.54) is 14.4 Å². The molecule has 0 aliphatic rings. The number of rotatable bonds is 4. The van der Waals surface area contributed by atoms with E-state index >= 15 is 0 Å². The van der Waals surface area contributed by atoms with Crippen LogP contribution in [0, 0.1) is 0 Å². The number of benzene rings is 3. The summed E-state index contributed by atoms with van der Waals surface area (Å²) in [4.78, 5) is 12.5. The number of hydrogen-bond donors (Lipinski definition) is 0. The van der Waals surface area contributed by atoms with Crippen molar-refractivity contribution in [3.8, 4) is 5.75 Å². The van der Waals surface area contributed by atoms with Gasteiger partial charge in [-0.1, -0.05) is 0 Å². The number of fused-ring (bicyclic) bond motifs is 1. The van der Waals surface area contributed by atoms with Gasteiger partial charge in [0.25, 0.3) is 0 Å². The molecular formula is C18H14O2Te. The van der Waals surface area contributed by atoms with Gasteiger partial charge >= 0.3 is 134 Å². The zero-order chi connectivity index (χ0) is 14.7. The molecule has 3 aromatic rings. The fraction of sp³-hybridized carbons (Fsp3) is 0.0556. The Morgan fingerprint density at radius 2 is 1.62 bits per heavy atom. The molecule has 0 aliphatic heterocycles. The second-order valence-corrected chi connectivity index (χ2v) is 7.49. The normalized spacial score (nSPS) is 10.5. The van der Waals surface area contributed by atoms with Crippen molar-refractivity contribution in [3.63, 3.8) is 0 Å². The minimum absolute atomic E-state index is 0.249. The first kappa shape index (κ1) is 14.1. The van der Waals surface area contributed by atoms with E-state index in [0.717, 1.165) is 11.3 Å². The summed E-state index contributed by atoms with van der Waals surface area (Å²) < 4.78 is 6.57. The number of hydrogen-bond acceptors (Lipinski definition) is 2. The standard InChI is InChI=1S/C18H14O2Te/c1-20-15-11-9-14(10-12-15)18(19)21-17-8-4-6-13-5-2-3-7-16(13)17/h2-12H,1H3. The number of carbonyl (C=O) groups is 1. The van der Waals surface area contributed by atoms with Crippen LogP contribution in [0.5, 0.6) is 5.75 Å². The van der Waals surface area contributed by atoms with Gasteiger partial charge in [0, 0.05) is 0 Å². The maximum absolute atomic E-state index is 12.5. The van der Waals surface area contributed by atoms with Gasteiger partial charge in [0.15, 0.2) is 0 Å². The fourth-order valence-corrected chi connectivity index (χ4v) is 4.73. The molecule has 2 nitrogen and oxygen atoms in total. The van der Waals surface area contributed by atoms with E-state index < -0.39 is 20.9 Å². The SMILES string of the molecule is COc1ccc(C(=O)[Te]c2cccc3ccccc23)cc1. The van der Waals surface area contributed by atoms with E-state index in [9.17, 15) is 4.79 Å². The van der Waals surface area contributed by atoms with Gasteiger partial charge in [-0.15, -0.1) is 0 Å². The van der Waals surface area contributed by atoms with E-state index in [-0.39, 0.29) is 3.83 Å². The van der Waals surface area contributed by atoms with Crippen LogP contribution in [0.1, 0.15) is 10.4 Å². The molecule has 0 unspecified atom stereocenters. The molecular weight excluding hydrogens is 376 g/mol. The van der Waals surface area contributed by atoms with Gasteiger partial charge in [-0.25, -0.2) is 0 Å². The van der Waals surface area contributed by atoms with Crippen molar-refractivity contribution in [1.29, 1.82) is 0 Å². The van der Waals surface area contributed by atoms with Crippen LogP contribution in [0.4, 0.5) is 0 Å². The molecule has 21 heavy (non-hydrogen) atoms. The Balaban J connectivity index is 1.89. The van der Waals surface area contributed by atoms with E-state index in [4.69, 9.17) is 4.74 Å². The zero-order valence-corrected chi connectivity index (χ0v) is 13.9. The second kappa shape index (κ2) is 6.30. The van der Waals surface area contributed by atoms with Crippen LogP contribution in [0.15, 0.2) is 66.7 Å². The molecule has 0 N–H and O–H groups in total. The van der Waals surface area contributed by atoms with Crippen LogP contribution < -0.4 is 8.35 Å². The molecule has 0 aliphatic carbocycles. The monoisotopic (exact) mass is 392 g/mol. The molecule has 0 radical (unpaired) electrons. The Morgan fingerprint density at radius 3 is 2.38 bits per heavy atom. The summed E-state index contributed by atoms with van der Waals surface area (Å²) in [6.45, 7) is 0. The molecule has 0 amide bonds. The van der Waals surface area contributed by atoms with Crippen LogP contribution in [-0.2, 0) is 0 Å². The number of methoxy groups -OCH3 is 1. The summed E-state index contributed by atoms with van der Waals surface area (Å²) in [5, 5.41) is 2.40.